The highest BCUT2D eigenvalue weighted by Crippen LogP contribution is 2.11. The van der Waals surface area contributed by atoms with Crippen molar-refractivity contribution in [2.24, 2.45) is 5.10 Å². The summed E-state index contributed by atoms with van der Waals surface area (Å²) in [4.78, 5) is 13.0. The Morgan fingerprint density at radius 3 is 2.95 bits per heavy atom. The van der Waals surface area contributed by atoms with Crippen LogP contribution < -0.4 is 5.43 Å². The van der Waals surface area contributed by atoms with Gasteiger partial charge in [-0.05, 0) is 22.0 Å². The van der Waals surface area contributed by atoms with E-state index in [9.17, 15) is 4.79 Å². The molecule has 1 amide bonds. The maximum absolute atomic E-state index is 11.7. The molecule has 1 N–H and O–H groups in total. The lowest BCUT2D eigenvalue weighted by Gasteiger charge is -1.97. The fourth-order valence-corrected chi connectivity index (χ4v) is 2.31. The molecule has 0 saturated carbocycles. The maximum atomic E-state index is 11.7. The van der Waals surface area contributed by atoms with E-state index in [1.807, 2.05) is 47.2 Å². The topological polar surface area (TPSA) is 85.1 Å². The minimum atomic E-state index is -0.316. The molecule has 8 heteroatoms. The number of rotatable bonds is 5. The first-order chi connectivity index (χ1) is 10.8. The molecule has 0 fully saturated rings. The lowest BCUT2D eigenvalue weighted by Crippen LogP contribution is -2.24. The Labute approximate surface area is 130 Å². The predicted molar refractivity (Wildman–Crippen MR) is 83.3 cm³/mol. The summed E-state index contributed by atoms with van der Waals surface area (Å²) in [6, 6.07) is 11.4. The van der Waals surface area contributed by atoms with E-state index in [2.05, 4.69) is 25.9 Å². The predicted octanol–water partition coefficient (Wildman–Crippen LogP) is 1.55. The normalized spacial score (nSPS) is 10.9. The molecule has 3 rings (SSSR count). The van der Waals surface area contributed by atoms with E-state index < -0.39 is 0 Å². The summed E-state index contributed by atoms with van der Waals surface area (Å²) in [5, 5.41) is 19.7. The molecule has 22 heavy (non-hydrogen) atoms. The number of thiophene rings is 1. The first-order valence-electron chi connectivity index (χ1n) is 6.48. The number of nitrogens with zero attached hydrogens (tertiary/aromatic N) is 5. The third kappa shape index (κ3) is 3.61. The zero-order valence-corrected chi connectivity index (χ0v) is 12.3. The molecule has 0 aliphatic carbocycles. The van der Waals surface area contributed by atoms with Gasteiger partial charge in [-0.3, -0.25) is 4.79 Å². The van der Waals surface area contributed by atoms with Gasteiger partial charge in [-0.25, -0.2) is 5.43 Å². The molecule has 0 aliphatic heterocycles. The number of carbonyl (C=O) groups excluding carboxylic acids is 1. The molecular formula is C14H12N6OS. The van der Waals surface area contributed by atoms with E-state index in [0.717, 1.165) is 11.1 Å². The highest BCUT2D eigenvalue weighted by Gasteiger charge is 2.08. The summed E-state index contributed by atoms with van der Waals surface area (Å²) in [6.07, 6.45) is 1.58. The number of hydrogen-bond donors (Lipinski definition) is 1. The van der Waals surface area contributed by atoms with Gasteiger partial charge in [-0.1, -0.05) is 30.3 Å². The van der Waals surface area contributed by atoms with Crippen LogP contribution in [-0.4, -0.2) is 32.3 Å². The monoisotopic (exact) mass is 312 g/mol. The number of aromatic nitrogens is 4. The highest BCUT2D eigenvalue weighted by molar-refractivity contribution is 7.08. The van der Waals surface area contributed by atoms with Gasteiger partial charge < -0.3 is 0 Å². The molecular weight excluding hydrogens is 300 g/mol. The molecule has 110 valence electrons. The van der Waals surface area contributed by atoms with Crippen LogP contribution in [0.15, 0.2) is 52.3 Å². The number of hydrazone groups is 1. The third-order valence-corrected chi connectivity index (χ3v) is 3.42. The van der Waals surface area contributed by atoms with Crippen LogP contribution in [-0.2, 0) is 11.3 Å². The number of nitrogens with one attached hydrogen (secondary N) is 1. The Morgan fingerprint density at radius 2 is 2.18 bits per heavy atom. The van der Waals surface area contributed by atoms with Crippen molar-refractivity contribution in [2.75, 3.05) is 0 Å². The van der Waals surface area contributed by atoms with E-state index in [0.29, 0.717) is 5.82 Å². The fraction of sp³-hybridized carbons (Fsp3) is 0.0714. The molecule has 0 aliphatic rings. The third-order valence-electron chi connectivity index (χ3n) is 2.72. The van der Waals surface area contributed by atoms with Gasteiger partial charge >= 0.3 is 0 Å². The van der Waals surface area contributed by atoms with Crippen molar-refractivity contribution in [2.45, 2.75) is 6.54 Å². The molecule has 2 heterocycles. The minimum absolute atomic E-state index is 0.0409. The van der Waals surface area contributed by atoms with E-state index >= 15 is 0 Å². The lowest BCUT2D eigenvalue weighted by atomic mass is 10.2. The van der Waals surface area contributed by atoms with Crippen LogP contribution >= 0.6 is 11.3 Å². The van der Waals surface area contributed by atoms with Crippen molar-refractivity contribution >= 4 is 23.5 Å². The van der Waals surface area contributed by atoms with Gasteiger partial charge in [-0.2, -0.15) is 21.2 Å². The van der Waals surface area contributed by atoms with Gasteiger partial charge in [0.2, 0.25) is 5.82 Å². The smallest absolute Gasteiger partial charge is 0.263 e. The van der Waals surface area contributed by atoms with E-state index in [4.69, 9.17) is 0 Å². The quantitative estimate of drug-likeness (QED) is 0.572. The zero-order chi connectivity index (χ0) is 15.2. The molecule has 0 radical (unpaired) electrons. The highest BCUT2D eigenvalue weighted by atomic mass is 32.1. The average molecular weight is 312 g/mol. The van der Waals surface area contributed by atoms with E-state index in [-0.39, 0.29) is 12.5 Å². The molecule has 0 atom stereocenters. The summed E-state index contributed by atoms with van der Waals surface area (Å²) < 4.78 is 0. The van der Waals surface area contributed by atoms with Crippen molar-refractivity contribution in [3.63, 3.8) is 0 Å². The number of benzene rings is 1. The van der Waals surface area contributed by atoms with Crippen LogP contribution in [0, 0.1) is 0 Å². The second-order valence-corrected chi connectivity index (χ2v) is 5.14. The Hall–Kier alpha value is -2.87. The molecule has 0 bridgehead atoms. The van der Waals surface area contributed by atoms with E-state index in [1.165, 1.54) is 4.80 Å². The van der Waals surface area contributed by atoms with Gasteiger partial charge in [0, 0.05) is 11.1 Å². The Kier molecular flexibility index (Phi) is 4.30. The largest absolute Gasteiger partial charge is 0.271 e. The second-order valence-electron chi connectivity index (χ2n) is 4.36. The van der Waals surface area contributed by atoms with Gasteiger partial charge in [-0.15, -0.1) is 10.2 Å². The molecule has 0 unspecified atom stereocenters. The van der Waals surface area contributed by atoms with Gasteiger partial charge in [0.25, 0.3) is 5.91 Å². The number of carbonyl (C=O) groups is 1. The van der Waals surface area contributed by atoms with Crippen molar-refractivity contribution < 1.29 is 4.79 Å². The van der Waals surface area contributed by atoms with Gasteiger partial charge in [0.05, 0.1) is 6.21 Å². The maximum Gasteiger partial charge on any atom is 0.263 e. The summed E-state index contributed by atoms with van der Waals surface area (Å²) in [5.41, 5.74) is 4.22. The van der Waals surface area contributed by atoms with Crippen LogP contribution in [0.3, 0.4) is 0 Å². The molecule has 1 aromatic carbocycles. The first kappa shape index (κ1) is 14.1. The van der Waals surface area contributed by atoms with Crippen molar-refractivity contribution in [1.82, 2.24) is 25.6 Å². The van der Waals surface area contributed by atoms with Gasteiger partial charge in [0.15, 0.2) is 0 Å². The Balaban J connectivity index is 1.57. The molecule has 0 saturated heterocycles. The average Bonchev–Trinajstić information content (AvgIpc) is 3.20. The Bertz CT molecular complexity index is 766. The first-order valence-corrected chi connectivity index (χ1v) is 7.43. The Morgan fingerprint density at radius 1 is 1.32 bits per heavy atom. The summed E-state index contributed by atoms with van der Waals surface area (Å²) in [5.74, 6) is 0.165. The van der Waals surface area contributed by atoms with Crippen LogP contribution in [0.25, 0.3) is 11.4 Å². The molecule has 0 spiro atoms. The summed E-state index contributed by atoms with van der Waals surface area (Å²) in [7, 11) is 0. The van der Waals surface area contributed by atoms with Crippen LogP contribution in [0.5, 0.6) is 0 Å². The van der Waals surface area contributed by atoms with Gasteiger partial charge in [0.1, 0.15) is 6.54 Å². The minimum Gasteiger partial charge on any atom is -0.271 e. The number of tetrazole rings is 1. The number of amides is 1. The van der Waals surface area contributed by atoms with Crippen molar-refractivity contribution in [3.8, 4) is 11.4 Å². The molecule has 2 aromatic heterocycles. The molecule has 7 nitrogen and oxygen atoms in total. The van der Waals surface area contributed by atoms with E-state index in [1.54, 1.807) is 17.6 Å². The van der Waals surface area contributed by atoms with Crippen molar-refractivity contribution in [3.05, 3.63) is 52.7 Å². The van der Waals surface area contributed by atoms with Crippen LogP contribution in [0.1, 0.15) is 5.56 Å². The summed E-state index contributed by atoms with van der Waals surface area (Å²) >= 11 is 1.57. The SMILES string of the molecule is O=C(Cn1nnc(-c2ccccc2)n1)N/N=C/c1ccsc1. The standard InChI is InChI=1S/C14H12N6OS/c21-13(16-15-8-11-6-7-22-10-11)9-20-18-14(17-19-20)12-4-2-1-3-5-12/h1-8,10H,9H2,(H,16,21)/b15-8+. The molecule has 3 aromatic rings. The second kappa shape index (κ2) is 6.72. The fourth-order valence-electron chi connectivity index (χ4n) is 1.70. The number of hydrogen-bond acceptors (Lipinski definition) is 6. The van der Waals surface area contributed by atoms with Crippen molar-refractivity contribution in [1.29, 1.82) is 0 Å². The lowest BCUT2D eigenvalue weighted by molar-refractivity contribution is -0.122. The van der Waals surface area contributed by atoms with Crippen LogP contribution in [0.4, 0.5) is 0 Å². The van der Waals surface area contributed by atoms with Crippen LogP contribution in [0.2, 0.25) is 0 Å². The summed E-state index contributed by atoms with van der Waals surface area (Å²) in [6.45, 7) is -0.0409. The zero-order valence-electron chi connectivity index (χ0n) is 11.5.